The Hall–Kier alpha value is -0.520. The van der Waals surface area contributed by atoms with Crippen molar-refractivity contribution in [2.24, 2.45) is 5.92 Å². The van der Waals surface area contributed by atoms with Crippen LogP contribution >= 0.6 is 28.6 Å². The van der Waals surface area contributed by atoms with Crippen molar-refractivity contribution in [3.05, 3.63) is 28.2 Å². The highest BCUT2D eigenvalue weighted by Crippen LogP contribution is 2.25. The molecule has 1 saturated carbocycles. The summed E-state index contributed by atoms with van der Waals surface area (Å²) in [5.41, 5.74) is 0.578. The third-order valence-corrected chi connectivity index (χ3v) is 4.53. The third kappa shape index (κ3) is 3.74. The quantitative estimate of drug-likeness (QED) is 0.739. The Morgan fingerprint density at radius 3 is 2.84 bits per heavy atom. The molecule has 0 aromatic heterocycles. The first-order chi connectivity index (χ1) is 9.11. The number of nitrogens with one attached hydrogen (secondary N) is 1. The molecule has 2 unspecified atom stereocenters. The average Bonchev–Trinajstić information content (AvgIpc) is 2.39. The van der Waals surface area contributed by atoms with Crippen LogP contribution in [0.3, 0.4) is 0 Å². The second kappa shape index (κ2) is 6.77. The molecule has 0 heterocycles. The van der Waals surface area contributed by atoms with Gasteiger partial charge < -0.3 is 10.4 Å². The van der Waals surface area contributed by atoms with Gasteiger partial charge in [0.2, 0.25) is 0 Å². The molecule has 0 spiro atoms. The van der Waals surface area contributed by atoms with Crippen LogP contribution in [0.2, 0.25) is 0 Å². The fourth-order valence-electron chi connectivity index (χ4n) is 2.56. The predicted molar refractivity (Wildman–Crippen MR) is 81.7 cm³/mol. The van der Waals surface area contributed by atoms with Gasteiger partial charge in [0.25, 0.3) is 5.91 Å². The van der Waals surface area contributed by atoms with Gasteiger partial charge in [-0.1, -0.05) is 28.8 Å². The number of halogens is 1. The third-order valence-electron chi connectivity index (χ3n) is 3.66. The molecule has 0 radical (unpaired) electrons. The molecule has 1 aliphatic rings. The molecule has 104 valence electrons. The minimum atomic E-state index is -0.108. The molecule has 0 saturated heterocycles. The molecular formula is C14H18BrNO2S. The molecule has 2 atom stereocenters. The number of aliphatic hydroxyl groups excluding tert-OH is 1. The van der Waals surface area contributed by atoms with Gasteiger partial charge in [-0.15, -0.1) is 12.6 Å². The fraction of sp³-hybridized carbons (Fsp3) is 0.500. The number of rotatable bonds is 3. The Labute approximate surface area is 127 Å². The van der Waals surface area contributed by atoms with Gasteiger partial charge in [-0.25, -0.2) is 0 Å². The van der Waals surface area contributed by atoms with Gasteiger partial charge in [-0.2, -0.15) is 0 Å². The number of carbonyl (C=O) groups excluding carboxylic acids is 1. The largest absolute Gasteiger partial charge is 0.396 e. The van der Waals surface area contributed by atoms with E-state index in [-0.39, 0.29) is 24.5 Å². The van der Waals surface area contributed by atoms with Crippen molar-refractivity contribution in [1.82, 2.24) is 5.32 Å². The molecule has 3 nitrogen and oxygen atoms in total. The maximum atomic E-state index is 12.2. The van der Waals surface area contributed by atoms with E-state index in [1.807, 2.05) is 12.1 Å². The highest BCUT2D eigenvalue weighted by Gasteiger charge is 2.26. The van der Waals surface area contributed by atoms with Crippen LogP contribution in [-0.2, 0) is 0 Å². The number of benzene rings is 1. The minimum absolute atomic E-state index is 0.0719. The van der Waals surface area contributed by atoms with Gasteiger partial charge in [-0.05, 0) is 31.0 Å². The molecule has 5 heteroatoms. The molecule has 2 rings (SSSR count). The topological polar surface area (TPSA) is 49.3 Å². The number of hydrogen-bond donors (Lipinski definition) is 3. The number of thiol groups is 1. The molecule has 1 amide bonds. The first kappa shape index (κ1) is 14.9. The van der Waals surface area contributed by atoms with E-state index < -0.39 is 0 Å². The maximum Gasteiger partial charge on any atom is 0.252 e. The van der Waals surface area contributed by atoms with Gasteiger partial charge in [-0.3, -0.25) is 4.79 Å². The summed E-state index contributed by atoms with van der Waals surface area (Å²) < 4.78 is 0.903. The maximum absolute atomic E-state index is 12.2. The van der Waals surface area contributed by atoms with Crippen molar-refractivity contribution in [3.63, 3.8) is 0 Å². The lowest BCUT2D eigenvalue weighted by Crippen LogP contribution is -2.43. The second-order valence-corrected chi connectivity index (χ2v) is 6.37. The van der Waals surface area contributed by atoms with Gasteiger partial charge in [0, 0.05) is 27.9 Å². The first-order valence-electron chi connectivity index (χ1n) is 6.52. The molecule has 1 aromatic rings. The van der Waals surface area contributed by atoms with Crippen molar-refractivity contribution < 1.29 is 9.90 Å². The summed E-state index contributed by atoms with van der Waals surface area (Å²) in [5.74, 6) is 0.0689. The van der Waals surface area contributed by atoms with E-state index in [0.717, 1.165) is 30.2 Å². The molecule has 19 heavy (non-hydrogen) atoms. The van der Waals surface area contributed by atoms with Crippen LogP contribution in [0.4, 0.5) is 0 Å². The van der Waals surface area contributed by atoms with Crippen molar-refractivity contribution in [3.8, 4) is 0 Å². The second-order valence-electron chi connectivity index (χ2n) is 4.97. The van der Waals surface area contributed by atoms with E-state index in [1.165, 1.54) is 0 Å². The van der Waals surface area contributed by atoms with Gasteiger partial charge in [0.1, 0.15) is 0 Å². The lowest BCUT2D eigenvalue weighted by molar-refractivity contribution is 0.0869. The van der Waals surface area contributed by atoms with Crippen LogP contribution in [0.1, 0.15) is 36.0 Å². The van der Waals surface area contributed by atoms with Gasteiger partial charge in [0.15, 0.2) is 0 Å². The molecule has 1 aliphatic carbocycles. The van der Waals surface area contributed by atoms with Crippen molar-refractivity contribution in [2.75, 3.05) is 6.61 Å². The van der Waals surface area contributed by atoms with E-state index >= 15 is 0 Å². The van der Waals surface area contributed by atoms with E-state index in [9.17, 15) is 9.90 Å². The normalized spacial score (nSPS) is 23.1. The van der Waals surface area contributed by atoms with E-state index in [4.69, 9.17) is 0 Å². The summed E-state index contributed by atoms with van der Waals surface area (Å²) in [4.78, 5) is 12.9. The summed E-state index contributed by atoms with van der Waals surface area (Å²) in [6.45, 7) is 0.138. The standard InChI is InChI=1S/C14H18BrNO2S/c15-10-5-6-11(13(19)7-10)14(18)16-12-4-2-1-3-9(12)8-17/h5-7,9,12,17,19H,1-4,8H2,(H,16,18). The zero-order chi connectivity index (χ0) is 13.8. The zero-order valence-corrected chi connectivity index (χ0v) is 13.1. The molecule has 1 aromatic carbocycles. The monoisotopic (exact) mass is 343 g/mol. The molecule has 0 aliphatic heterocycles. The molecular weight excluding hydrogens is 326 g/mol. The minimum Gasteiger partial charge on any atom is -0.396 e. The Morgan fingerprint density at radius 2 is 2.16 bits per heavy atom. The predicted octanol–water partition coefficient (Wildman–Crippen LogP) is 3.02. The summed E-state index contributed by atoms with van der Waals surface area (Å²) in [7, 11) is 0. The van der Waals surface area contributed by atoms with Crippen LogP contribution in [0.5, 0.6) is 0 Å². The summed E-state index contributed by atoms with van der Waals surface area (Å²) in [5, 5.41) is 12.4. The van der Waals surface area contributed by atoms with Crippen LogP contribution < -0.4 is 5.32 Å². The van der Waals surface area contributed by atoms with Crippen molar-refractivity contribution in [1.29, 1.82) is 0 Å². The van der Waals surface area contributed by atoms with Crippen LogP contribution in [-0.4, -0.2) is 23.7 Å². The van der Waals surface area contributed by atoms with E-state index in [1.54, 1.807) is 6.07 Å². The van der Waals surface area contributed by atoms with Crippen molar-refractivity contribution >= 4 is 34.5 Å². The Bertz CT molecular complexity index is 467. The number of carbonyl (C=O) groups is 1. The fourth-order valence-corrected chi connectivity index (χ4v) is 3.41. The summed E-state index contributed by atoms with van der Waals surface area (Å²) >= 11 is 7.68. The lowest BCUT2D eigenvalue weighted by Gasteiger charge is -2.31. The zero-order valence-electron chi connectivity index (χ0n) is 10.6. The molecule has 1 fully saturated rings. The van der Waals surface area contributed by atoms with Crippen LogP contribution in [0, 0.1) is 5.92 Å². The highest BCUT2D eigenvalue weighted by molar-refractivity contribution is 9.10. The number of hydrogen-bond acceptors (Lipinski definition) is 3. The van der Waals surface area contributed by atoms with Gasteiger partial charge in [0.05, 0.1) is 5.56 Å². The lowest BCUT2D eigenvalue weighted by atomic mass is 9.85. The van der Waals surface area contributed by atoms with Crippen LogP contribution in [0.15, 0.2) is 27.6 Å². The van der Waals surface area contributed by atoms with E-state index in [0.29, 0.717) is 10.5 Å². The number of amides is 1. The Morgan fingerprint density at radius 1 is 1.42 bits per heavy atom. The average molecular weight is 344 g/mol. The highest BCUT2D eigenvalue weighted by atomic mass is 79.9. The smallest absolute Gasteiger partial charge is 0.252 e. The number of aliphatic hydroxyl groups is 1. The Kier molecular flexibility index (Phi) is 5.30. The van der Waals surface area contributed by atoms with Crippen LogP contribution in [0.25, 0.3) is 0 Å². The van der Waals surface area contributed by atoms with E-state index in [2.05, 4.69) is 33.9 Å². The molecule has 0 bridgehead atoms. The van der Waals surface area contributed by atoms with Gasteiger partial charge >= 0.3 is 0 Å². The summed E-state index contributed by atoms with van der Waals surface area (Å²) in [6.07, 6.45) is 4.16. The SMILES string of the molecule is O=C(NC1CCCCC1CO)c1ccc(Br)cc1S. The first-order valence-corrected chi connectivity index (χ1v) is 7.76. The van der Waals surface area contributed by atoms with Crippen molar-refractivity contribution in [2.45, 2.75) is 36.6 Å². The summed E-state index contributed by atoms with van der Waals surface area (Å²) in [6, 6.07) is 5.47. The Balaban J connectivity index is 2.07. The molecule has 2 N–H and O–H groups in total.